The zero-order chi connectivity index (χ0) is 19.7. The Labute approximate surface area is 166 Å². The van der Waals surface area contributed by atoms with E-state index in [1.165, 1.54) is 16.7 Å². The molecule has 2 atom stereocenters. The van der Waals surface area contributed by atoms with E-state index in [0.717, 1.165) is 18.4 Å². The lowest BCUT2D eigenvalue weighted by Gasteiger charge is -2.31. The highest BCUT2D eigenvalue weighted by atomic mass is 32.2. The third-order valence-corrected chi connectivity index (χ3v) is 7.54. The molecule has 1 saturated heterocycles. The Morgan fingerprint density at radius 2 is 1.86 bits per heavy atom. The monoisotopic (exact) mass is 398 g/mol. The maximum Gasteiger partial charge on any atom is 0.318 e. The van der Waals surface area contributed by atoms with Crippen LogP contribution in [0.25, 0.3) is 0 Å². The van der Waals surface area contributed by atoms with Gasteiger partial charge in [0.2, 0.25) is 0 Å². The second-order valence-corrected chi connectivity index (χ2v) is 10.1. The highest BCUT2D eigenvalue weighted by molar-refractivity contribution is 7.91. The molecule has 28 heavy (non-hydrogen) atoms. The van der Waals surface area contributed by atoms with Crippen molar-refractivity contribution in [2.45, 2.75) is 44.8 Å². The van der Waals surface area contributed by atoms with E-state index < -0.39 is 9.84 Å². The van der Waals surface area contributed by atoms with Gasteiger partial charge in [-0.05, 0) is 42.9 Å². The Hall–Kier alpha value is -2.34. The van der Waals surface area contributed by atoms with Crippen LogP contribution in [-0.4, -0.2) is 36.9 Å². The van der Waals surface area contributed by atoms with Crippen LogP contribution < -0.4 is 5.32 Å². The van der Waals surface area contributed by atoms with Gasteiger partial charge < -0.3 is 10.2 Å². The number of urea groups is 1. The fourth-order valence-electron chi connectivity index (χ4n) is 4.24. The number of hydrogen-bond acceptors (Lipinski definition) is 3. The predicted molar refractivity (Wildman–Crippen MR) is 110 cm³/mol. The number of nitrogens with zero attached hydrogens (tertiary/aromatic N) is 1. The molecule has 6 heteroatoms. The Balaban J connectivity index is 1.58. The lowest BCUT2D eigenvalue weighted by Crippen LogP contribution is -2.46. The van der Waals surface area contributed by atoms with E-state index in [1.54, 1.807) is 0 Å². The summed E-state index contributed by atoms with van der Waals surface area (Å²) < 4.78 is 23.5. The van der Waals surface area contributed by atoms with Crippen LogP contribution in [-0.2, 0) is 22.8 Å². The number of carbonyl (C=O) groups excluding carboxylic acids is 1. The van der Waals surface area contributed by atoms with Crippen molar-refractivity contribution in [2.24, 2.45) is 0 Å². The van der Waals surface area contributed by atoms with E-state index in [9.17, 15) is 13.2 Å². The maximum atomic E-state index is 13.2. The van der Waals surface area contributed by atoms with Crippen LogP contribution in [0.1, 0.15) is 41.1 Å². The summed E-state index contributed by atoms with van der Waals surface area (Å²) in [5.74, 6) is 0.195. The van der Waals surface area contributed by atoms with Gasteiger partial charge in [-0.25, -0.2) is 13.2 Å². The van der Waals surface area contributed by atoms with Crippen LogP contribution in [0.3, 0.4) is 0 Å². The van der Waals surface area contributed by atoms with Crippen LogP contribution >= 0.6 is 0 Å². The lowest BCUT2D eigenvalue weighted by molar-refractivity contribution is 0.167. The average molecular weight is 399 g/mol. The minimum atomic E-state index is -3.03. The molecule has 0 bridgehead atoms. The van der Waals surface area contributed by atoms with Crippen molar-refractivity contribution in [1.82, 2.24) is 10.2 Å². The standard InChI is InChI=1S/C22H26N2O3S/c1-16-6-8-17(9-7-16)14-24(21-11-10-18-4-2-3-5-20(18)21)22(25)23-19-12-13-28(26,27)15-19/h2-9,19,21H,10-15H2,1H3,(H,23,25). The molecule has 2 aromatic rings. The highest BCUT2D eigenvalue weighted by Gasteiger charge is 2.34. The minimum absolute atomic E-state index is 0.00973. The number of amides is 2. The van der Waals surface area contributed by atoms with E-state index in [2.05, 4.69) is 41.7 Å². The summed E-state index contributed by atoms with van der Waals surface area (Å²) in [5, 5.41) is 2.98. The van der Waals surface area contributed by atoms with Crippen molar-refractivity contribution in [3.05, 3.63) is 70.8 Å². The number of carbonyl (C=O) groups is 1. The molecule has 148 valence electrons. The first-order valence-corrected chi connectivity index (χ1v) is 11.6. The van der Waals surface area contributed by atoms with Gasteiger partial charge in [0.05, 0.1) is 17.5 Å². The fourth-order valence-corrected chi connectivity index (χ4v) is 5.91. The van der Waals surface area contributed by atoms with E-state index in [1.807, 2.05) is 24.0 Å². The maximum absolute atomic E-state index is 13.2. The number of sulfone groups is 1. The molecule has 1 N–H and O–H groups in total. The normalized spacial score (nSPS) is 22.6. The number of aryl methyl sites for hydroxylation is 2. The fraction of sp³-hybridized carbons (Fsp3) is 0.409. The number of fused-ring (bicyclic) bond motifs is 1. The van der Waals surface area contributed by atoms with E-state index >= 15 is 0 Å². The number of rotatable bonds is 4. The summed E-state index contributed by atoms with van der Waals surface area (Å²) in [6.07, 6.45) is 2.34. The number of hydrogen-bond donors (Lipinski definition) is 1. The van der Waals surface area contributed by atoms with Crippen molar-refractivity contribution in [3.63, 3.8) is 0 Å². The molecule has 0 aromatic heterocycles. The van der Waals surface area contributed by atoms with Crippen LogP contribution in [0.15, 0.2) is 48.5 Å². The van der Waals surface area contributed by atoms with Gasteiger partial charge in [0.15, 0.2) is 9.84 Å². The third-order valence-electron chi connectivity index (χ3n) is 5.77. The Morgan fingerprint density at radius 3 is 2.57 bits per heavy atom. The second-order valence-electron chi connectivity index (χ2n) is 7.92. The van der Waals surface area contributed by atoms with Crippen LogP contribution in [0.2, 0.25) is 0 Å². The SMILES string of the molecule is Cc1ccc(CN(C(=O)NC2CCS(=O)(=O)C2)C2CCc3ccccc32)cc1. The quantitative estimate of drug-likeness (QED) is 0.859. The first-order valence-electron chi connectivity index (χ1n) is 9.82. The van der Waals surface area contributed by atoms with E-state index in [4.69, 9.17) is 0 Å². The molecule has 0 spiro atoms. The molecule has 4 rings (SSSR count). The summed E-state index contributed by atoms with van der Waals surface area (Å²) in [7, 11) is -3.03. The van der Waals surface area contributed by atoms with Crippen molar-refractivity contribution in [3.8, 4) is 0 Å². The second kappa shape index (κ2) is 7.59. The molecule has 1 aliphatic heterocycles. The van der Waals surface area contributed by atoms with E-state index in [0.29, 0.717) is 13.0 Å². The summed E-state index contributed by atoms with van der Waals surface area (Å²) in [4.78, 5) is 15.1. The Morgan fingerprint density at radius 1 is 1.11 bits per heavy atom. The van der Waals surface area contributed by atoms with Gasteiger partial charge in [0.25, 0.3) is 0 Å². The van der Waals surface area contributed by atoms with Crippen LogP contribution in [0.5, 0.6) is 0 Å². The first-order chi connectivity index (χ1) is 13.4. The van der Waals surface area contributed by atoms with Crippen molar-refractivity contribution in [1.29, 1.82) is 0 Å². The van der Waals surface area contributed by atoms with Gasteiger partial charge in [0.1, 0.15) is 0 Å². The smallest absolute Gasteiger partial charge is 0.318 e. The van der Waals surface area contributed by atoms with Crippen molar-refractivity contribution >= 4 is 15.9 Å². The number of nitrogens with one attached hydrogen (secondary N) is 1. The molecule has 2 aromatic carbocycles. The number of benzene rings is 2. The molecular formula is C22H26N2O3S. The van der Waals surface area contributed by atoms with Crippen molar-refractivity contribution < 1.29 is 13.2 Å². The molecule has 1 fully saturated rings. The minimum Gasteiger partial charge on any atom is -0.334 e. The summed E-state index contributed by atoms with van der Waals surface area (Å²) in [6, 6.07) is 16.0. The molecule has 1 heterocycles. The molecule has 2 unspecified atom stereocenters. The van der Waals surface area contributed by atoms with Gasteiger partial charge >= 0.3 is 6.03 Å². The van der Waals surface area contributed by atoms with Gasteiger partial charge in [-0.3, -0.25) is 0 Å². The third kappa shape index (κ3) is 4.07. The zero-order valence-corrected chi connectivity index (χ0v) is 16.9. The summed E-state index contributed by atoms with van der Waals surface area (Å²) in [5.41, 5.74) is 4.74. The lowest BCUT2D eigenvalue weighted by atomic mass is 10.1. The molecule has 1 aliphatic carbocycles. The molecule has 2 amide bonds. The van der Waals surface area contributed by atoms with Crippen molar-refractivity contribution in [2.75, 3.05) is 11.5 Å². The topological polar surface area (TPSA) is 66.5 Å². The van der Waals surface area contributed by atoms with Gasteiger partial charge in [-0.15, -0.1) is 0 Å². The van der Waals surface area contributed by atoms with Gasteiger partial charge in [-0.1, -0.05) is 54.1 Å². The first kappa shape index (κ1) is 19.0. The average Bonchev–Trinajstić information content (AvgIpc) is 3.24. The predicted octanol–water partition coefficient (Wildman–Crippen LogP) is 3.38. The summed E-state index contributed by atoms with van der Waals surface area (Å²) in [6.45, 7) is 2.55. The summed E-state index contributed by atoms with van der Waals surface area (Å²) >= 11 is 0. The highest BCUT2D eigenvalue weighted by Crippen LogP contribution is 2.36. The molecule has 0 saturated carbocycles. The largest absolute Gasteiger partial charge is 0.334 e. The zero-order valence-electron chi connectivity index (χ0n) is 16.1. The van der Waals surface area contributed by atoms with E-state index in [-0.39, 0.29) is 29.6 Å². The molecule has 2 aliphatic rings. The van der Waals surface area contributed by atoms with Gasteiger partial charge in [-0.2, -0.15) is 0 Å². The molecule has 5 nitrogen and oxygen atoms in total. The van der Waals surface area contributed by atoms with Gasteiger partial charge in [0, 0.05) is 12.6 Å². The molecular weight excluding hydrogens is 372 g/mol. The molecule has 0 radical (unpaired) electrons. The van der Waals surface area contributed by atoms with Crippen LogP contribution in [0, 0.1) is 6.92 Å². The Bertz CT molecular complexity index is 970. The Kier molecular flexibility index (Phi) is 5.15. The van der Waals surface area contributed by atoms with Crippen LogP contribution in [0.4, 0.5) is 4.79 Å².